The van der Waals surface area contributed by atoms with Crippen LogP contribution < -0.4 is 4.90 Å². The first-order valence-corrected chi connectivity index (χ1v) is 11.5. The van der Waals surface area contributed by atoms with Gasteiger partial charge in [-0.25, -0.2) is 0 Å². The number of carbonyl (C=O) groups excluding carboxylic acids is 1. The first-order valence-electron chi connectivity index (χ1n) is 10.3. The lowest BCUT2D eigenvalue weighted by Crippen LogP contribution is -2.33. The molecule has 1 aromatic rings. The molecule has 5 nitrogen and oxygen atoms in total. The zero-order valence-corrected chi connectivity index (χ0v) is 18.4. The third kappa shape index (κ3) is 5.82. The topological polar surface area (TPSA) is 60.9 Å². The second-order valence-electron chi connectivity index (χ2n) is 7.64. The van der Waals surface area contributed by atoms with Gasteiger partial charge >= 0.3 is 5.97 Å². The van der Waals surface area contributed by atoms with E-state index >= 15 is 0 Å². The molecular formula is C22H28N2O3S2. The van der Waals surface area contributed by atoms with Crippen LogP contribution in [0.2, 0.25) is 0 Å². The summed E-state index contributed by atoms with van der Waals surface area (Å²) < 4.78 is 0.498. The van der Waals surface area contributed by atoms with Gasteiger partial charge in [-0.15, -0.1) is 0 Å². The molecule has 1 aromatic carbocycles. The van der Waals surface area contributed by atoms with Crippen LogP contribution in [0, 0.1) is 5.92 Å². The first-order chi connectivity index (χ1) is 14.0. The summed E-state index contributed by atoms with van der Waals surface area (Å²) in [6.07, 6.45) is 7.44. The van der Waals surface area contributed by atoms with Crippen molar-refractivity contribution < 1.29 is 14.7 Å². The van der Waals surface area contributed by atoms with Crippen molar-refractivity contribution in [1.82, 2.24) is 4.90 Å². The van der Waals surface area contributed by atoms with Gasteiger partial charge in [0.1, 0.15) is 4.32 Å². The monoisotopic (exact) mass is 432 g/mol. The molecule has 7 heteroatoms. The smallest absolute Gasteiger partial charge is 0.303 e. The number of anilines is 1. The summed E-state index contributed by atoms with van der Waals surface area (Å²) in [5, 5.41) is 8.76. The van der Waals surface area contributed by atoms with Gasteiger partial charge in [0.2, 0.25) is 0 Å². The number of carboxylic acids is 1. The number of rotatable bonds is 8. The molecule has 0 spiro atoms. The van der Waals surface area contributed by atoms with Gasteiger partial charge in [0.15, 0.2) is 0 Å². The summed E-state index contributed by atoms with van der Waals surface area (Å²) in [4.78, 5) is 27.8. The Hall–Kier alpha value is -1.86. The number of hydrogen-bond acceptors (Lipinski definition) is 5. The summed E-state index contributed by atoms with van der Waals surface area (Å²) in [7, 11) is 0. The molecule has 2 fully saturated rings. The van der Waals surface area contributed by atoms with E-state index in [1.807, 2.05) is 18.2 Å². The molecule has 0 saturated carbocycles. The minimum absolute atomic E-state index is 0.0350. The summed E-state index contributed by atoms with van der Waals surface area (Å²) in [5.74, 6) is -0.124. The maximum Gasteiger partial charge on any atom is 0.303 e. The summed E-state index contributed by atoms with van der Waals surface area (Å²) in [5.41, 5.74) is 2.21. The second-order valence-corrected chi connectivity index (χ2v) is 9.32. The molecule has 29 heavy (non-hydrogen) atoms. The Morgan fingerprint density at radius 1 is 1.28 bits per heavy atom. The molecule has 2 heterocycles. The number of benzene rings is 1. The molecule has 1 amide bonds. The van der Waals surface area contributed by atoms with E-state index in [0.29, 0.717) is 22.2 Å². The van der Waals surface area contributed by atoms with E-state index < -0.39 is 5.97 Å². The Morgan fingerprint density at radius 3 is 2.59 bits per heavy atom. The third-order valence-corrected chi connectivity index (χ3v) is 6.89. The molecular weight excluding hydrogens is 404 g/mol. The van der Waals surface area contributed by atoms with E-state index in [2.05, 4.69) is 24.0 Å². The lowest BCUT2D eigenvalue weighted by molar-refractivity contribution is -0.137. The van der Waals surface area contributed by atoms with Crippen molar-refractivity contribution in [2.45, 2.75) is 45.4 Å². The average molecular weight is 433 g/mol. The van der Waals surface area contributed by atoms with Gasteiger partial charge in [-0.2, -0.15) is 0 Å². The highest BCUT2D eigenvalue weighted by Crippen LogP contribution is 2.33. The molecule has 0 aromatic heterocycles. The normalized spacial score (nSPS) is 19.4. The number of piperidine rings is 1. The lowest BCUT2D eigenvalue weighted by atomic mass is 9.92. The fraction of sp³-hybridized carbons (Fsp3) is 0.500. The minimum Gasteiger partial charge on any atom is -0.481 e. The predicted molar refractivity (Wildman–Crippen MR) is 123 cm³/mol. The van der Waals surface area contributed by atoms with Crippen molar-refractivity contribution in [1.29, 1.82) is 0 Å². The van der Waals surface area contributed by atoms with Gasteiger partial charge in [-0.1, -0.05) is 55.9 Å². The van der Waals surface area contributed by atoms with Crippen LogP contribution in [0.25, 0.3) is 6.08 Å². The Balaban J connectivity index is 1.59. The van der Waals surface area contributed by atoms with Crippen molar-refractivity contribution >= 4 is 51.9 Å². The third-order valence-electron chi connectivity index (χ3n) is 5.51. The summed E-state index contributed by atoms with van der Waals surface area (Å²) in [6, 6.07) is 8.34. The van der Waals surface area contributed by atoms with Gasteiger partial charge in [0, 0.05) is 31.7 Å². The van der Waals surface area contributed by atoms with Crippen LogP contribution in [-0.4, -0.2) is 45.8 Å². The maximum absolute atomic E-state index is 12.6. The fourth-order valence-electron chi connectivity index (χ4n) is 3.90. The van der Waals surface area contributed by atoms with Crippen LogP contribution in [0.5, 0.6) is 0 Å². The first kappa shape index (κ1) is 21.8. The number of amides is 1. The molecule has 1 N–H and O–H groups in total. The number of aliphatic carboxylic acids is 1. The molecule has 0 atom stereocenters. The maximum atomic E-state index is 12.6. The van der Waals surface area contributed by atoms with Crippen molar-refractivity contribution in [3.05, 3.63) is 34.7 Å². The average Bonchev–Trinajstić information content (AvgIpc) is 2.96. The van der Waals surface area contributed by atoms with Gasteiger partial charge < -0.3 is 10.0 Å². The molecule has 0 radical (unpaired) electrons. The van der Waals surface area contributed by atoms with Crippen LogP contribution in [0.15, 0.2) is 29.2 Å². The van der Waals surface area contributed by atoms with Crippen molar-refractivity contribution in [3.8, 4) is 0 Å². The molecule has 2 aliphatic heterocycles. The van der Waals surface area contributed by atoms with Crippen molar-refractivity contribution in [2.75, 3.05) is 24.5 Å². The number of carbonyl (C=O) groups is 2. The SMILES string of the molecule is CCCC1CCN(c2ccc(/C=C3\SC(=S)N(CCCC(=O)O)C3=O)cc2)CC1. The molecule has 2 saturated heterocycles. The number of thiocarbonyl (C=S) groups is 1. The van der Waals surface area contributed by atoms with Gasteiger partial charge in [-0.3, -0.25) is 14.5 Å². The highest BCUT2D eigenvalue weighted by atomic mass is 32.2. The Labute approximate surface area is 182 Å². The number of carboxylic acid groups (broad SMARTS) is 1. The highest BCUT2D eigenvalue weighted by molar-refractivity contribution is 8.26. The predicted octanol–water partition coefficient (Wildman–Crippen LogP) is 4.77. The highest BCUT2D eigenvalue weighted by Gasteiger charge is 2.31. The van der Waals surface area contributed by atoms with Crippen molar-refractivity contribution in [3.63, 3.8) is 0 Å². The Kier molecular flexibility index (Phi) is 7.72. The van der Waals surface area contributed by atoms with E-state index in [0.717, 1.165) is 24.6 Å². The van der Waals surface area contributed by atoms with Gasteiger partial charge in [-0.05, 0) is 49.0 Å². The summed E-state index contributed by atoms with van der Waals surface area (Å²) >= 11 is 6.58. The Morgan fingerprint density at radius 2 is 1.97 bits per heavy atom. The minimum atomic E-state index is -0.860. The molecule has 0 unspecified atom stereocenters. The molecule has 0 aliphatic carbocycles. The zero-order valence-electron chi connectivity index (χ0n) is 16.8. The van der Waals surface area contributed by atoms with Crippen LogP contribution in [0.1, 0.15) is 51.0 Å². The van der Waals surface area contributed by atoms with Crippen LogP contribution >= 0.6 is 24.0 Å². The van der Waals surface area contributed by atoms with E-state index in [-0.39, 0.29) is 12.3 Å². The van der Waals surface area contributed by atoms with E-state index in [4.69, 9.17) is 17.3 Å². The fourth-order valence-corrected chi connectivity index (χ4v) is 5.21. The molecule has 3 rings (SSSR count). The standard InChI is InChI=1S/C22H28N2O3S2/c1-2-4-16-10-13-23(14-11-16)18-8-6-17(7-9-18)15-19-21(27)24(22(28)29-19)12-3-5-20(25)26/h6-9,15-16H,2-5,10-14H2,1H3,(H,25,26)/b19-15-. The Bertz CT molecular complexity index is 784. The zero-order chi connectivity index (χ0) is 20.8. The van der Waals surface area contributed by atoms with Crippen LogP contribution in [0.3, 0.4) is 0 Å². The quantitative estimate of drug-likeness (QED) is 0.472. The largest absolute Gasteiger partial charge is 0.481 e. The molecule has 2 aliphatic rings. The van der Waals surface area contributed by atoms with E-state index in [9.17, 15) is 9.59 Å². The molecule has 0 bridgehead atoms. The number of thioether (sulfide) groups is 1. The second kappa shape index (κ2) is 10.3. The van der Waals surface area contributed by atoms with E-state index in [1.54, 1.807) is 0 Å². The lowest BCUT2D eigenvalue weighted by Gasteiger charge is -2.33. The van der Waals surface area contributed by atoms with Crippen LogP contribution in [-0.2, 0) is 9.59 Å². The molecule has 156 valence electrons. The van der Waals surface area contributed by atoms with Gasteiger partial charge in [0.25, 0.3) is 5.91 Å². The summed E-state index contributed by atoms with van der Waals surface area (Å²) in [6.45, 7) is 4.83. The van der Waals surface area contributed by atoms with E-state index in [1.165, 1.54) is 48.0 Å². The van der Waals surface area contributed by atoms with Gasteiger partial charge in [0.05, 0.1) is 4.91 Å². The van der Waals surface area contributed by atoms with Crippen LogP contribution in [0.4, 0.5) is 5.69 Å². The number of hydrogen-bond donors (Lipinski definition) is 1. The number of nitrogens with zero attached hydrogens (tertiary/aromatic N) is 2. The van der Waals surface area contributed by atoms with Crippen molar-refractivity contribution in [2.24, 2.45) is 5.92 Å².